The Hall–Kier alpha value is -2.05. The molecule has 0 radical (unpaired) electrons. The van der Waals surface area contributed by atoms with Gasteiger partial charge in [-0.1, -0.05) is 46.9 Å². The van der Waals surface area contributed by atoms with Gasteiger partial charge in [0.25, 0.3) is 5.91 Å². The van der Waals surface area contributed by atoms with Gasteiger partial charge in [0.2, 0.25) is 0 Å². The molecule has 168 valence electrons. The number of benzene rings is 2. The Kier molecular flexibility index (Phi) is 6.82. The van der Waals surface area contributed by atoms with Gasteiger partial charge >= 0.3 is 0 Å². The van der Waals surface area contributed by atoms with E-state index in [0.717, 1.165) is 29.9 Å². The maximum Gasteiger partial charge on any atom is 0.274 e. The number of aromatic nitrogens is 2. The van der Waals surface area contributed by atoms with E-state index in [1.165, 1.54) is 0 Å². The number of carbonyl (C=O) groups excluding carboxylic acids is 1. The van der Waals surface area contributed by atoms with E-state index < -0.39 is 0 Å². The summed E-state index contributed by atoms with van der Waals surface area (Å²) in [4.78, 5) is 17.7. The van der Waals surface area contributed by atoms with Crippen LogP contribution in [0.3, 0.4) is 0 Å². The van der Waals surface area contributed by atoms with Gasteiger partial charge in [-0.2, -0.15) is 5.10 Å². The Morgan fingerprint density at radius 3 is 2.16 bits per heavy atom. The zero-order chi connectivity index (χ0) is 23.0. The summed E-state index contributed by atoms with van der Waals surface area (Å²) in [7, 11) is 0. The van der Waals surface area contributed by atoms with Crippen LogP contribution in [0.15, 0.2) is 42.5 Å². The van der Waals surface area contributed by atoms with Crippen LogP contribution in [0.2, 0.25) is 15.1 Å². The van der Waals surface area contributed by atoms with Crippen LogP contribution in [-0.2, 0) is 0 Å². The predicted octanol–water partition coefficient (Wildman–Crippen LogP) is 5.97. The van der Waals surface area contributed by atoms with Crippen molar-refractivity contribution in [2.24, 2.45) is 0 Å². The van der Waals surface area contributed by atoms with Crippen molar-refractivity contribution in [3.63, 3.8) is 0 Å². The first-order valence-corrected chi connectivity index (χ1v) is 11.7. The van der Waals surface area contributed by atoms with Gasteiger partial charge in [0.1, 0.15) is 0 Å². The Morgan fingerprint density at radius 2 is 1.56 bits per heavy atom. The number of hydrogen-bond acceptors (Lipinski definition) is 3. The largest absolute Gasteiger partial charge is 0.335 e. The van der Waals surface area contributed by atoms with Crippen molar-refractivity contribution in [1.29, 1.82) is 0 Å². The Morgan fingerprint density at radius 1 is 0.938 bits per heavy atom. The summed E-state index contributed by atoms with van der Waals surface area (Å²) >= 11 is 18.7. The molecule has 1 aliphatic heterocycles. The zero-order valence-corrected chi connectivity index (χ0v) is 20.5. The fourth-order valence-electron chi connectivity index (χ4n) is 4.06. The molecule has 0 unspecified atom stereocenters. The lowest BCUT2D eigenvalue weighted by atomic mass is 10.1. The molecule has 0 N–H and O–H groups in total. The highest BCUT2D eigenvalue weighted by atomic mass is 35.5. The topological polar surface area (TPSA) is 41.4 Å². The van der Waals surface area contributed by atoms with Gasteiger partial charge in [-0.15, -0.1) is 0 Å². The average Bonchev–Trinajstić information content (AvgIpc) is 3.10. The minimum atomic E-state index is -0.0649. The molecule has 0 aliphatic carbocycles. The van der Waals surface area contributed by atoms with Gasteiger partial charge in [0.15, 0.2) is 5.69 Å². The molecular weight excluding hydrogens is 467 g/mol. The minimum Gasteiger partial charge on any atom is -0.335 e. The van der Waals surface area contributed by atoms with Gasteiger partial charge in [-0.25, -0.2) is 4.68 Å². The molecular formula is C24H25Cl3N4O. The highest BCUT2D eigenvalue weighted by Crippen LogP contribution is 2.33. The molecule has 2 heterocycles. The first-order valence-electron chi connectivity index (χ1n) is 10.6. The van der Waals surface area contributed by atoms with Gasteiger partial charge < -0.3 is 4.90 Å². The molecule has 0 saturated carbocycles. The number of rotatable bonds is 4. The predicted molar refractivity (Wildman–Crippen MR) is 131 cm³/mol. The Balaban J connectivity index is 1.77. The number of nitrogens with zero attached hydrogens (tertiary/aromatic N) is 4. The third kappa shape index (κ3) is 4.53. The van der Waals surface area contributed by atoms with Gasteiger partial charge in [-0.05, 0) is 51.1 Å². The molecule has 32 heavy (non-hydrogen) atoms. The molecule has 1 aliphatic rings. The normalized spacial score (nSPS) is 14.9. The molecule has 5 nitrogen and oxygen atoms in total. The Bertz CT molecular complexity index is 1130. The summed E-state index contributed by atoms with van der Waals surface area (Å²) in [6.07, 6.45) is 0. The maximum absolute atomic E-state index is 13.5. The third-order valence-corrected chi connectivity index (χ3v) is 6.70. The molecule has 0 atom stereocenters. The van der Waals surface area contributed by atoms with Crippen LogP contribution >= 0.6 is 34.8 Å². The molecule has 1 aromatic heterocycles. The fourth-order valence-corrected chi connectivity index (χ4v) is 4.68. The van der Waals surface area contributed by atoms with Crippen LogP contribution in [0.5, 0.6) is 0 Å². The van der Waals surface area contributed by atoms with Crippen molar-refractivity contribution in [3.8, 4) is 16.9 Å². The quantitative estimate of drug-likeness (QED) is 0.451. The van der Waals surface area contributed by atoms with E-state index in [4.69, 9.17) is 39.9 Å². The lowest BCUT2D eigenvalue weighted by Gasteiger charge is -2.36. The summed E-state index contributed by atoms with van der Waals surface area (Å²) in [6.45, 7) is 9.36. The highest BCUT2D eigenvalue weighted by Gasteiger charge is 2.29. The first-order chi connectivity index (χ1) is 15.3. The Labute approximate surface area is 203 Å². The van der Waals surface area contributed by atoms with Crippen LogP contribution < -0.4 is 0 Å². The second-order valence-electron chi connectivity index (χ2n) is 8.26. The molecule has 3 aromatic rings. The van der Waals surface area contributed by atoms with Crippen molar-refractivity contribution in [1.82, 2.24) is 19.6 Å². The summed E-state index contributed by atoms with van der Waals surface area (Å²) in [6, 6.07) is 13.2. The van der Waals surface area contributed by atoms with Crippen LogP contribution in [-0.4, -0.2) is 57.7 Å². The second kappa shape index (κ2) is 9.44. The molecule has 2 aromatic carbocycles. The van der Waals surface area contributed by atoms with Crippen molar-refractivity contribution in [2.45, 2.75) is 26.8 Å². The van der Waals surface area contributed by atoms with Crippen molar-refractivity contribution in [2.75, 3.05) is 26.2 Å². The molecule has 0 spiro atoms. The van der Waals surface area contributed by atoms with E-state index in [2.05, 4.69) is 18.7 Å². The summed E-state index contributed by atoms with van der Waals surface area (Å²) in [5.41, 5.74) is 3.59. The number of halogens is 3. The lowest BCUT2D eigenvalue weighted by molar-refractivity contribution is 0.0589. The van der Waals surface area contributed by atoms with E-state index >= 15 is 0 Å². The summed E-state index contributed by atoms with van der Waals surface area (Å²) in [5.74, 6) is -0.0649. The molecule has 0 bridgehead atoms. The van der Waals surface area contributed by atoms with Crippen LogP contribution in [0, 0.1) is 6.92 Å². The number of hydrogen-bond donors (Lipinski definition) is 0. The van der Waals surface area contributed by atoms with Crippen LogP contribution in [0.1, 0.15) is 29.9 Å². The van der Waals surface area contributed by atoms with Gasteiger partial charge in [0, 0.05) is 53.4 Å². The molecule has 1 saturated heterocycles. The van der Waals surface area contributed by atoms with E-state index in [1.807, 2.05) is 42.2 Å². The van der Waals surface area contributed by atoms with E-state index in [0.29, 0.717) is 45.6 Å². The van der Waals surface area contributed by atoms with Crippen molar-refractivity contribution in [3.05, 3.63) is 68.8 Å². The van der Waals surface area contributed by atoms with Gasteiger partial charge in [-0.3, -0.25) is 9.69 Å². The number of amides is 1. The fraction of sp³-hybridized carbons (Fsp3) is 0.333. The third-order valence-electron chi connectivity index (χ3n) is 5.91. The molecule has 1 fully saturated rings. The molecule has 1 amide bonds. The number of piperazine rings is 1. The average molecular weight is 492 g/mol. The monoisotopic (exact) mass is 490 g/mol. The second-order valence-corrected chi connectivity index (χ2v) is 9.54. The van der Waals surface area contributed by atoms with Gasteiger partial charge in [0.05, 0.1) is 16.4 Å². The summed E-state index contributed by atoms with van der Waals surface area (Å²) in [5, 5.41) is 6.39. The van der Waals surface area contributed by atoms with E-state index in [-0.39, 0.29) is 5.91 Å². The molecule has 4 rings (SSSR count). The smallest absolute Gasteiger partial charge is 0.274 e. The number of carbonyl (C=O) groups is 1. The van der Waals surface area contributed by atoms with Crippen molar-refractivity contribution >= 4 is 40.7 Å². The van der Waals surface area contributed by atoms with Crippen LogP contribution in [0.4, 0.5) is 0 Å². The minimum absolute atomic E-state index is 0.0649. The van der Waals surface area contributed by atoms with E-state index in [1.54, 1.807) is 16.8 Å². The SMILES string of the molecule is Cc1c(C(=O)N2CCN(C(C)C)CC2)nn(-c2ccc(Cl)cc2Cl)c1-c1ccc(Cl)cc1. The highest BCUT2D eigenvalue weighted by molar-refractivity contribution is 6.35. The van der Waals surface area contributed by atoms with Crippen molar-refractivity contribution < 1.29 is 4.79 Å². The van der Waals surface area contributed by atoms with E-state index in [9.17, 15) is 4.79 Å². The standard InChI is InChI=1S/C24H25Cl3N4O/c1-15(2)29-10-12-30(13-11-29)24(32)22-16(3)23(17-4-6-18(25)7-5-17)31(28-22)21-9-8-19(26)14-20(21)27/h4-9,14-15H,10-13H2,1-3H3. The first kappa shape index (κ1) is 23.1. The maximum atomic E-state index is 13.5. The molecule has 8 heteroatoms. The van der Waals surface area contributed by atoms with Crippen LogP contribution in [0.25, 0.3) is 16.9 Å². The summed E-state index contributed by atoms with van der Waals surface area (Å²) < 4.78 is 1.73. The lowest BCUT2D eigenvalue weighted by Crippen LogP contribution is -2.50. The zero-order valence-electron chi connectivity index (χ0n) is 18.3.